The second kappa shape index (κ2) is 9.39. The van der Waals surface area contributed by atoms with Crippen molar-refractivity contribution in [2.45, 2.75) is 141 Å². The van der Waals surface area contributed by atoms with E-state index in [0.717, 1.165) is 0 Å². The van der Waals surface area contributed by atoms with Crippen molar-refractivity contribution in [1.82, 2.24) is 0 Å². The fraction of sp³-hybridized carbons (Fsp3) is 0.786. The molecule has 1 aromatic carbocycles. The molecule has 0 bridgehead atoms. The molecule has 0 amide bonds. The molecule has 1 aromatic rings. The van der Waals surface area contributed by atoms with Crippen molar-refractivity contribution in [1.29, 1.82) is 0 Å². The molecule has 0 aromatic heterocycles. The SMILES string of the molecule is CCC1(CC)CC(CC)(CC)c2c1cc1c(c2[Si](Br)(Br)Br)C(CC)(CC)CC1(CC)CC. The topological polar surface area (TPSA) is 0 Å². The van der Waals surface area contributed by atoms with Crippen molar-refractivity contribution in [3.8, 4) is 0 Å². The van der Waals surface area contributed by atoms with Gasteiger partial charge < -0.3 is 0 Å². The van der Waals surface area contributed by atoms with Crippen molar-refractivity contribution in [2.24, 2.45) is 0 Å². The normalized spacial score (nSPS) is 22.1. The molecule has 3 rings (SSSR count). The Morgan fingerprint density at radius 1 is 0.562 bits per heavy atom. The average molecular weight is 649 g/mol. The number of rotatable bonds is 9. The Balaban J connectivity index is 2.62. The van der Waals surface area contributed by atoms with Crippen LogP contribution in [-0.2, 0) is 21.7 Å². The van der Waals surface area contributed by atoms with Gasteiger partial charge in [-0.05, 0) is 113 Å². The summed E-state index contributed by atoms with van der Waals surface area (Å²) < 4.78 is -2.13. The van der Waals surface area contributed by atoms with E-state index in [4.69, 9.17) is 0 Å². The van der Waals surface area contributed by atoms with Gasteiger partial charge in [0.2, 0.25) is 0 Å². The molecule has 32 heavy (non-hydrogen) atoms. The molecule has 0 nitrogen and oxygen atoms in total. The summed E-state index contributed by atoms with van der Waals surface area (Å²) in [4.78, 5) is 0. The van der Waals surface area contributed by atoms with E-state index < -0.39 is 3.93 Å². The predicted octanol–water partition coefficient (Wildman–Crippen LogP) is 10.1. The van der Waals surface area contributed by atoms with E-state index in [0.29, 0.717) is 10.8 Å². The number of halogens is 3. The van der Waals surface area contributed by atoms with Crippen LogP contribution in [0.1, 0.15) is 142 Å². The van der Waals surface area contributed by atoms with Gasteiger partial charge in [-0.15, -0.1) is 0 Å². The third kappa shape index (κ3) is 3.65. The summed E-state index contributed by atoms with van der Waals surface area (Å²) >= 11 is 12.7. The van der Waals surface area contributed by atoms with E-state index in [-0.39, 0.29) is 10.8 Å². The summed E-state index contributed by atoms with van der Waals surface area (Å²) in [6.45, 7) is 19.6. The number of fused-ring (bicyclic) bond motifs is 2. The van der Waals surface area contributed by atoms with Crippen LogP contribution in [0.25, 0.3) is 0 Å². The summed E-state index contributed by atoms with van der Waals surface area (Å²) in [6.07, 6.45) is 12.6. The zero-order chi connectivity index (χ0) is 24.2. The maximum atomic E-state index is 4.25. The standard InChI is InChI=1S/C28H45Br3Si/c1-9-25(10-2)18-27(13-5,14-6)22-20(25)17-21-23(24(22)32(29,30)31)28(15-7,16-8)19-26(21,11-3)12-4/h17H,9-16,18-19H2,1-8H3. The van der Waals surface area contributed by atoms with Crippen molar-refractivity contribution < 1.29 is 0 Å². The van der Waals surface area contributed by atoms with E-state index >= 15 is 0 Å². The first-order chi connectivity index (χ1) is 15.0. The largest absolute Gasteiger partial charge is 0.298 e. The number of hydrogen-bond donors (Lipinski definition) is 0. The van der Waals surface area contributed by atoms with Crippen molar-refractivity contribution in [3.63, 3.8) is 0 Å². The predicted molar refractivity (Wildman–Crippen MR) is 157 cm³/mol. The molecule has 182 valence electrons. The van der Waals surface area contributed by atoms with E-state index in [1.54, 1.807) is 27.4 Å². The van der Waals surface area contributed by atoms with Crippen molar-refractivity contribution in [2.75, 3.05) is 0 Å². The molecule has 0 saturated heterocycles. The zero-order valence-corrected chi connectivity index (χ0v) is 27.5. The lowest BCUT2D eigenvalue weighted by atomic mass is 9.70. The second-order valence-corrected chi connectivity index (χ2v) is 32.7. The zero-order valence-electron chi connectivity index (χ0n) is 21.8. The quantitative estimate of drug-likeness (QED) is 0.185. The molecule has 0 heterocycles. The first-order valence-corrected chi connectivity index (χ1v) is 22.1. The molecule has 0 unspecified atom stereocenters. The van der Waals surface area contributed by atoms with Crippen LogP contribution in [0.4, 0.5) is 0 Å². The molecule has 2 aliphatic rings. The summed E-state index contributed by atoms with van der Waals surface area (Å²) in [5.41, 5.74) is 8.09. The van der Waals surface area contributed by atoms with Crippen LogP contribution in [0.15, 0.2) is 6.07 Å². The molecular weight excluding hydrogens is 604 g/mol. The number of hydrogen-bond acceptors (Lipinski definition) is 0. The Kier molecular flexibility index (Phi) is 8.06. The van der Waals surface area contributed by atoms with Gasteiger partial charge in [0.1, 0.15) is 0 Å². The summed E-state index contributed by atoms with van der Waals surface area (Å²) in [5.74, 6) is 0. The minimum atomic E-state index is -2.13. The van der Waals surface area contributed by atoms with Crippen LogP contribution in [0.5, 0.6) is 0 Å². The number of benzene rings is 1. The molecule has 0 aliphatic heterocycles. The fourth-order valence-corrected chi connectivity index (χ4v) is 13.0. The fourth-order valence-electron chi connectivity index (χ4n) is 8.04. The highest BCUT2D eigenvalue weighted by molar-refractivity contribution is 9.72. The Labute approximate surface area is 223 Å². The average Bonchev–Trinajstić information content (AvgIpc) is 3.26. The van der Waals surface area contributed by atoms with Crippen molar-refractivity contribution >= 4 is 55.0 Å². The highest BCUT2D eigenvalue weighted by atomic mass is 80.0. The van der Waals surface area contributed by atoms with Crippen LogP contribution < -0.4 is 5.19 Å². The molecule has 2 aliphatic carbocycles. The lowest BCUT2D eigenvalue weighted by molar-refractivity contribution is 0.279. The van der Waals surface area contributed by atoms with Crippen LogP contribution in [0.2, 0.25) is 0 Å². The first-order valence-electron chi connectivity index (χ1n) is 13.3. The maximum absolute atomic E-state index is 4.25. The molecule has 0 radical (unpaired) electrons. The van der Waals surface area contributed by atoms with Gasteiger partial charge in [-0.3, -0.25) is 0 Å². The molecular formula is C28H45Br3Si. The lowest BCUT2D eigenvalue weighted by Gasteiger charge is -2.37. The lowest BCUT2D eigenvalue weighted by Crippen LogP contribution is -2.44. The minimum absolute atomic E-state index is 0.288. The highest BCUT2D eigenvalue weighted by Crippen LogP contribution is 2.62. The summed E-state index contributed by atoms with van der Waals surface area (Å²) in [6, 6.07) is 2.78. The van der Waals surface area contributed by atoms with Crippen molar-refractivity contribution in [3.05, 3.63) is 28.3 Å². The molecule has 0 N–H and O–H groups in total. The smallest absolute Gasteiger partial charge is 0.0910 e. The molecule has 4 heteroatoms. The highest BCUT2D eigenvalue weighted by Gasteiger charge is 2.58. The van der Waals surface area contributed by atoms with Gasteiger partial charge in [0, 0.05) is 0 Å². The van der Waals surface area contributed by atoms with E-state index in [9.17, 15) is 0 Å². The van der Waals surface area contributed by atoms with Gasteiger partial charge in [-0.2, -0.15) is 0 Å². The third-order valence-electron chi connectivity index (χ3n) is 10.6. The summed E-state index contributed by atoms with van der Waals surface area (Å²) in [7, 11) is 0. The van der Waals surface area contributed by atoms with E-state index in [1.165, 1.54) is 64.2 Å². The van der Waals surface area contributed by atoms with Gasteiger partial charge in [0.05, 0.1) is 0 Å². The van der Waals surface area contributed by atoms with Gasteiger partial charge >= 0.3 is 0 Å². The molecule has 0 spiro atoms. The van der Waals surface area contributed by atoms with Gasteiger partial charge in [-0.1, -0.05) is 107 Å². The van der Waals surface area contributed by atoms with E-state index in [1.807, 2.05) is 0 Å². The Bertz CT molecular complexity index is 775. The van der Waals surface area contributed by atoms with Crippen LogP contribution >= 0.6 is 45.9 Å². The molecule has 0 fully saturated rings. The monoisotopic (exact) mass is 646 g/mol. The Morgan fingerprint density at radius 3 is 1.06 bits per heavy atom. The van der Waals surface area contributed by atoms with E-state index in [2.05, 4.69) is 107 Å². The molecule has 0 atom stereocenters. The van der Waals surface area contributed by atoms with Crippen LogP contribution in [0.3, 0.4) is 0 Å². The van der Waals surface area contributed by atoms with Gasteiger partial charge in [0.15, 0.2) is 0 Å². The Hall–Kier alpha value is 0.877. The maximum Gasteiger partial charge on any atom is 0.298 e. The third-order valence-corrected chi connectivity index (χ3v) is 15.2. The summed E-state index contributed by atoms with van der Waals surface area (Å²) in [5, 5.41) is 1.67. The van der Waals surface area contributed by atoms with Gasteiger partial charge in [-0.25, -0.2) is 0 Å². The second-order valence-electron chi connectivity index (χ2n) is 10.9. The molecule has 0 saturated carbocycles. The van der Waals surface area contributed by atoms with Crippen LogP contribution in [-0.4, -0.2) is 3.93 Å². The van der Waals surface area contributed by atoms with Crippen LogP contribution in [0, 0.1) is 0 Å². The van der Waals surface area contributed by atoms with Gasteiger partial charge in [0.25, 0.3) is 3.93 Å². The first kappa shape index (κ1) is 27.5. The Morgan fingerprint density at radius 2 is 0.844 bits per heavy atom. The minimum Gasteiger partial charge on any atom is -0.0910 e.